The van der Waals surface area contributed by atoms with E-state index in [1.54, 1.807) is 0 Å². The van der Waals surface area contributed by atoms with Gasteiger partial charge < -0.3 is 5.32 Å². The van der Waals surface area contributed by atoms with E-state index in [1.807, 2.05) is 0 Å². The number of nitrogens with one attached hydrogen (secondary N) is 1. The molecule has 0 spiro atoms. The summed E-state index contributed by atoms with van der Waals surface area (Å²) >= 11 is 0. The Morgan fingerprint density at radius 3 is 2.40 bits per heavy atom. The molecular formula is C9H19N. The predicted molar refractivity (Wildman–Crippen MR) is 45.0 cm³/mol. The van der Waals surface area contributed by atoms with Crippen molar-refractivity contribution in [3.05, 3.63) is 0 Å². The van der Waals surface area contributed by atoms with E-state index in [4.69, 9.17) is 0 Å². The van der Waals surface area contributed by atoms with E-state index in [-0.39, 0.29) is 0 Å². The molecule has 1 fully saturated rings. The molecule has 0 atom stereocenters. The van der Waals surface area contributed by atoms with E-state index in [0.717, 1.165) is 17.9 Å². The van der Waals surface area contributed by atoms with Crippen LogP contribution in [0, 0.1) is 11.8 Å². The zero-order valence-corrected chi connectivity index (χ0v) is 7.35. The molecule has 1 aliphatic rings. The molecule has 0 aromatic rings. The molecule has 0 amide bonds. The molecular weight excluding hydrogens is 122 g/mol. The van der Waals surface area contributed by atoms with Gasteiger partial charge in [0, 0.05) is 6.04 Å². The van der Waals surface area contributed by atoms with Gasteiger partial charge in [-0.05, 0) is 31.2 Å². The first-order valence-corrected chi connectivity index (χ1v) is 4.42. The van der Waals surface area contributed by atoms with Gasteiger partial charge in [0.1, 0.15) is 0 Å². The third-order valence-electron chi connectivity index (χ3n) is 2.19. The van der Waals surface area contributed by atoms with Crippen LogP contribution in [-0.4, -0.2) is 12.6 Å². The van der Waals surface area contributed by atoms with Crippen LogP contribution in [0.3, 0.4) is 0 Å². The van der Waals surface area contributed by atoms with Crippen LogP contribution in [0.1, 0.15) is 33.6 Å². The summed E-state index contributed by atoms with van der Waals surface area (Å²) in [6.45, 7) is 8.04. The SMILES string of the molecule is CC(C)CN[C@H]1C[C@@H](C)C1. The van der Waals surface area contributed by atoms with Crippen LogP contribution >= 0.6 is 0 Å². The van der Waals surface area contributed by atoms with Gasteiger partial charge in [-0.25, -0.2) is 0 Å². The minimum absolute atomic E-state index is 0.802. The van der Waals surface area contributed by atoms with Gasteiger partial charge in [-0.3, -0.25) is 0 Å². The maximum Gasteiger partial charge on any atom is 0.00722 e. The highest BCUT2D eigenvalue weighted by molar-refractivity contribution is 4.82. The van der Waals surface area contributed by atoms with Crippen molar-refractivity contribution in [1.82, 2.24) is 5.32 Å². The van der Waals surface area contributed by atoms with Gasteiger partial charge in [-0.15, -0.1) is 0 Å². The molecule has 1 nitrogen and oxygen atoms in total. The summed E-state index contributed by atoms with van der Waals surface area (Å²) in [5.41, 5.74) is 0. The molecule has 1 saturated carbocycles. The summed E-state index contributed by atoms with van der Waals surface area (Å²) in [4.78, 5) is 0. The molecule has 0 bridgehead atoms. The van der Waals surface area contributed by atoms with Crippen molar-refractivity contribution in [2.45, 2.75) is 39.7 Å². The maximum absolute atomic E-state index is 3.55. The normalized spacial score (nSPS) is 32.4. The average Bonchev–Trinajstić information content (AvgIpc) is 1.77. The Labute approximate surface area is 64.2 Å². The second kappa shape index (κ2) is 3.38. The van der Waals surface area contributed by atoms with Crippen molar-refractivity contribution in [3.8, 4) is 0 Å². The van der Waals surface area contributed by atoms with Gasteiger partial charge in [0.05, 0.1) is 0 Å². The second-order valence-electron chi connectivity index (χ2n) is 4.08. The third kappa shape index (κ3) is 2.30. The van der Waals surface area contributed by atoms with E-state index >= 15 is 0 Å². The van der Waals surface area contributed by atoms with Crippen molar-refractivity contribution in [3.63, 3.8) is 0 Å². The molecule has 0 aromatic carbocycles. The fourth-order valence-electron chi connectivity index (χ4n) is 1.47. The largest absolute Gasteiger partial charge is 0.314 e. The molecule has 1 aliphatic carbocycles. The predicted octanol–water partition coefficient (Wildman–Crippen LogP) is 2.03. The lowest BCUT2D eigenvalue weighted by Gasteiger charge is -2.34. The topological polar surface area (TPSA) is 12.0 Å². The summed E-state index contributed by atoms with van der Waals surface area (Å²) in [6, 6.07) is 0.845. The summed E-state index contributed by atoms with van der Waals surface area (Å²) in [5.74, 6) is 1.78. The molecule has 60 valence electrons. The van der Waals surface area contributed by atoms with Crippen LogP contribution in [0.2, 0.25) is 0 Å². The first kappa shape index (κ1) is 8.06. The van der Waals surface area contributed by atoms with Gasteiger partial charge in [-0.1, -0.05) is 20.8 Å². The fourth-order valence-corrected chi connectivity index (χ4v) is 1.47. The van der Waals surface area contributed by atoms with Gasteiger partial charge in [0.25, 0.3) is 0 Å². The lowest BCUT2D eigenvalue weighted by molar-refractivity contribution is 0.235. The van der Waals surface area contributed by atoms with Crippen LogP contribution in [0.4, 0.5) is 0 Å². The standard InChI is InChI=1S/C9H19N/c1-7(2)6-10-9-4-8(3)5-9/h7-10H,4-6H2,1-3H3/t8-,9+. The van der Waals surface area contributed by atoms with Crippen LogP contribution in [0.5, 0.6) is 0 Å². The first-order valence-electron chi connectivity index (χ1n) is 4.42. The highest BCUT2D eigenvalue weighted by Gasteiger charge is 2.24. The number of hydrogen-bond donors (Lipinski definition) is 1. The first-order chi connectivity index (χ1) is 4.68. The minimum atomic E-state index is 0.802. The molecule has 0 heterocycles. The molecule has 0 unspecified atom stereocenters. The Balaban J connectivity index is 1.95. The molecule has 1 heteroatoms. The van der Waals surface area contributed by atoms with Crippen LogP contribution in [0.25, 0.3) is 0 Å². The van der Waals surface area contributed by atoms with Crippen LogP contribution < -0.4 is 5.32 Å². The Hall–Kier alpha value is -0.0400. The summed E-state index contributed by atoms with van der Waals surface area (Å²) in [5, 5.41) is 3.55. The molecule has 0 aromatic heterocycles. The molecule has 0 saturated heterocycles. The highest BCUT2D eigenvalue weighted by Crippen LogP contribution is 2.26. The average molecular weight is 141 g/mol. The Kier molecular flexibility index (Phi) is 2.72. The zero-order valence-electron chi connectivity index (χ0n) is 7.35. The number of rotatable bonds is 3. The van der Waals surface area contributed by atoms with E-state index in [1.165, 1.54) is 19.4 Å². The van der Waals surface area contributed by atoms with E-state index in [9.17, 15) is 0 Å². The minimum Gasteiger partial charge on any atom is -0.314 e. The molecule has 1 rings (SSSR count). The monoisotopic (exact) mass is 141 g/mol. The molecule has 0 aliphatic heterocycles. The number of hydrogen-bond acceptors (Lipinski definition) is 1. The van der Waals surface area contributed by atoms with Gasteiger partial charge in [0.2, 0.25) is 0 Å². The molecule has 0 radical (unpaired) electrons. The van der Waals surface area contributed by atoms with Gasteiger partial charge in [0.15, 0.2) is 0 Å². The Morgan fingerprint density at radius 2 is 2.00 bits per heavy atom. The quantitative estimate of drug-likeness (QED) is 0.634. The maximum atomic E-state index is 3.55. The smallest absolute Gasteiger partial charge is 0.00722 e. The summed E-state index contributed by atoms with van der Waals surface area (Å²) < 4.78 is 0. The van der Waals surface area contributed by atoms with E-state index in [0.29, 0.717) is 0 Å². The molecule has 10 heavy (non-hydrogen) atoms. The van der Waals surface area contributed by atoms with Gasteiger partial charge >= 0.3 is 0 Å². The van der Waals surface area contributed by atoms with Crippen molar-refractivity contribution in [1.29, 1.82) is 0 Å². The van der Waals surface area contributed by atoms with E-state index in [2.05, 4.69) is 26.1 Å². The Bertz CT molecular complexity index is 92.9. The zero-order chi connectivity index (χ0) is 7.56. The van der Waals surface area contributed by atoms with Crippen LogP contribution in [-0.2, 0) is 0 Å². The van der Waals surface area contributed by atoms with Crippen molar-refractivity contribution >= 4 is 0 Å². The Morgan fingerprint density at radius 1 is 1.40 bits per heavy atom. The van der Waals surface area contributed by atoms with Crippen LogP contribution in [0.15, 0.2) is 0 Å². The van der Waals surface area contributed by atoms with E-state index < -0.39 is 0 Å². The lowest BCUT2D eigenvalue weighted by atomic mass is 9.82. The van der Waals surface area contributed by atoms with Gasteiger partial charge in [-0.2, -0.15) is 0 Å². The molecule has 1 N–H and O–H groups in total. The van der Waals surface area contributed by atoms with Crippen molar-refractivity contribution < 1.29 is 0 Å². The highest BCUT2D eigenvalue weighted by atomic mass is 14.9. The lowest BCUT2D eigenvalue weighted by Crippen LogP contribution is -2.41. The fraction of sp³-hybridized carbons (Fsp3) is 1.00. The second-order valence-corrected chi connectivity index (χ2v) is 4.08. The summed E-state index contributed by atoms with van der Waals surface area (Å²) in [6.07, 6.45) is 2.79. The van der Waals surface area contributed by atoms with Crippen molar-refractivity contribution in [2.75, 3.05) is 6.54 Å². The summed E-state index contributed by atoms with van der Waals surface area (Å²) in [7, 11) is 0. The van der Waals surface area contributed by atoms with Crippen molar-refractivity contribution in [2.24, 2.45) is 11.8 Å². The third-order valence-corrected chi connectivity index (χ3v) is 2.19.